The molecule has 0 bridgehead atoms. The van der Waals surface area contributed by atoms with Crippen molar-refractivity contribution in [2.24, 2.45) is 0 Å². The summed E-state index contributed by atoms with van der Waals surface area (Å²) in [5.74, 6) is 0.519. The zero-order valence-electron chi connectivity index (χ0n) is 11.5. The number of thioether (sulfide) groups is 1. The Hall–Kier alpha value is -1.40. The van der Waals surface area contributed by atoms with E-state index in [1.54, 1.807) is 7.05 Å². The number of ketones is 1. The highest BCUT2D eigenvalue weighted by Crippen LogP contribution is 2.25. The summed E-state index contributed by atoms with van der Waals surface area (Å²) >= 11 is 2.89. The van der Waals surface area contributed by atoms with Crippen LogP contribution in [0.25, 0.3) is 0 Å². The molecule has 0 radical (unpaired) electrons. The summed E-state index contributed by atoms with van der Waals surface area (Å²) in [6, 6.07) is 7.89. The first-order valence-corrected chi connectivity index (χ1v) is 8.29. The molecule has 0 aliphatic heterocycles. The van der Waals surface area contributed by atoms with Gasteiger partial charge in [0, 0.05) is 12.6 Å². The van der Waals surface area contributed by atoms with Gasteiger partial charge >= 0.3 is 0 Å². The third-order valence-corrected chi connectivity index (χ3v) is 4.84. The number of nitrogens with zero attached hydrogens (tertiary/aromatic N) is 2. The maximum Gasteiger partial charge on any atom is 0.206 e. The summed E-state index contributed by atoms with van der Waals surface area (Å²) in [5.41, 5.74) is 2.04. The zero-order chi connectivity index (χ0) is 14.4. The van der Waals surface area contributed by atoms with E-state index in [1.165, 1.54) is 28.7 Å². The van der Waals surface area contributed by atoms with E-state index < -0.39 is 0 Å². The number of carbonyl (C=O) groups is 1. The lowest BCUT2D eigenvalue weighted by atomic mass is 10.1. The van der Waals surface area contributed by atoms with Gasteiger partial charge in [-0.25, -0.2) is 0 Å². The Morgan fingerprint density at radius 3 is 2.65 bits per heavy atom. The van der Waals surface area contributed by atoms with Crippen LogP contribution in [0.1, 0.15) is 29.3 Å². The number of anilines is 1. The number of hydrogen-bond acceptors (Lipinski definition) is 6. The van der Waals surface area contributed by atoms with Crippen LogP contribution < -0.4 is 5.32 Å². The van der Waals surface area contributed by atoms with Crippen LogP contribution in [0.5, 0.6) is 0 Å². The van der Waals surface area contributed by atoms with Crippen LogP contribution >= 0.6 is 23.1 Å². The van der Waals surface area contributed by atoms with Gasteiger partial charge in [0.25, 0.3) is 0 Å². The summed E-state index contributed by atoms with van der Waals surface area (Å²) < 4.78 is 0.810. The largest absolute Gasteiger partial charge is 0.363 e. The van der Waals surface area contributed by atoms with E-state index in [0.717, 1.165) is 27.9 Å². The van der Waals surface area contributed by atoms with Crippen LogP contribution in [0.15, 0.2) is 28.6 Å². The molecule has 2 rings (SSSR count). The lowest BCUT2D eigenvalue weighted by Gasteiger charge is -2.02. The van der Waals surface area contributed by atoms with Gasteiger partial charge in [0.05, 0.1) is 5.75 Å². The molecule has 4 nitrogen and oxygen atoms in total. The van der Waals surface area contributed by atoms with Crippen molar-refractivity contribution < 1.29 is 4.79 Å². The Morgan fingerprint density at radius 2 is 2.05 bits per heavy atom. The van der Waals surface area contributed by atoms with E-state index in [0.29, 0.717) is 5.75 Å². The van der Waals surface area contributed by atoms with Crippen LogP contribution in [0.3, 0.4) is 0 Å². The van der Waals surface area contributed by atoms with E-state index in [1.807, 2.05) is 24.3 Å². The van der Waals surface area contributed by atoms with Gasteiger partial charge in [0.2, 0.25) is 5.13 Å². The fourth-order valence-corrected chi connectivity index (χ4v) is 3.33. The van der Waals surface area contributed by atoms with Crippen LogP contribution in [0.4, 0.5) is 5.13 Å². The van der Waals surface area contributed by atoms with Gasteiger partial charge in [-0.3, -0.25) is 4.79 Å². The van der Waals surface area contributed by atoms with Gasteiger partial charge in [0.1, 0.15) is 0 Å². The Bertz CT molecular complexity index is 566. The number of aromatic nitrogens is 2. The Morgan fingerprint density at radius 1 is 1.30 bits per heavy atom. The average Bonchev–Trinajstić information content (AvgIpc) is 2.94. The molecule has 106 valence electrons. The molecule has 0 atom stereocenters. The minimum atomic E-state index is 0.124. The molecule has 0 fully saturated rings. The highest BCUT2D eigenvalue weighted by molar-refractivity contribution is 8.01. The molecular weight excluding hydrogens is 290 g/mol. The zero-order valence-corrected chi connectivity index (χ0v) is 13.2. The van der Waals surface area contributed by atoms with Crippen LogP contribution in [-0.2, 0) is 6.42 Å². The molecule has 0 saturated carbocycles. The molecule has 1 heterocycles. The van der Waals surface area contributed by atoms with Gasteiger partial charge in [-0.05, 0) is 12.0 Å². The Labute approximate surface area is 127 Å². The number of benzene rings is 1. The van der Waals surface area contributed by atoms with Crippen molar-refractivity contribution in [1.29, 1.82) is 0 Å². The van der Waals surface area contributed by atoms with Gasteiger partial charge in [-0.15, -0.1) is 10.2 Å². The molecular formula is C14H17N3OS2. The molecule has 2 aromatic rings. The van der Waals surface area contributed by atoms with Crippen LogP contribution in [-0.4, -0.2) is 28.8 Å². The SMILES string of the molecule is CCCc1ccc(C(=O)CSc2nnc(NC)s2)cc1. The summed E-state index contributed by atoms with van der Waals surface area (Å²) in [6.45, 7) is 2.15. The lowest BCUT2D eigenvalue weighted by Crippen LogP contribution is -2.02. The summed E-state index contributed by atoms with van der Waals surface area (Å²) in [7, 11) is 1.80. The molecule has 1 aromatic heterocycles. The van der Waals surface area contributed by atoms with Gasteiger partial charge < -0.3 is 5.32 Å². The molecule has 20 heavy (non-hydrogen) atoms. The molecule has 6 heteroatoms. The maximum atomic E-state index is 12.1. The van der Waals surface area contributed by atoms with Gasteiger partial charge in [-0.1, -0.05) is 60.7 Å². The average molecular weight is 307 g/mol. The first kappa shape index (κ1) is 15.0. The molecule has 0 amide bonds. The maximum absolute atomic E-state index is 12.1. The number of rotatable bonds is 7. The minimum absolute atomic E-state index is 0.124. The predicted molar refractivity (Wildman–Crippen MR) is 84.9 cm³/mol. The van der Waals surface area contributed by atoms with Crippen molar-refractivity contribution in [3.05, 3.63) is 35.4 Å². The second-order valence-electron chi connectivity index (χ2n) is 4.28. The van der Waals surface area contributed by atoms with Gasteiger partial charge in [0.15, 0.2) is 10.1 Å². The monoisotopic (exact) mass is 307 g/mol. The van der Waals surface area contributed by atoms with Crippen molar-refractivity contribution in [1.82, 2.24) is 10.2 Å². The molecule has 0 aliphatic rings. The molecule has 1 aromatic carbocycles. The fraction of sp³-hybridized carbons (Fsp3) is 0.357. The number of aryl methyl sites for hydroxylation is 1. The second-order valence-corrected chi connectivity index (χ2v) is 6.48. The second kappa shape index (κ2) is 7.40. The molecule has 0 unspecified atom stereocenters. The quantitative estimate of drug-likeness (QED) is 0.626. The topological polar surface area (TPSA) is 54.9 Å². The molecule has 0 aliphatic carbocycles. The van der Waals surface area contributed by atoms with E-state index in [2.05, 4.69) is 22.4 Å². The molecule has 1 N–H and O–H groups in total. The number of hydrogen-bond donors (Lipinski definition) is 1. The normalized spacial score (nSPS) is 10.5. The highest BCUT2D eigenvalue weighted by atomic mass is 32.2. The van der Waals surface area contributed by atoms with Crippen molar-refractivity contribution >= 4 is 34.0 Å². The fourth-order valence-electron chi connectivity index (χ4n) is 1.73. The third kappa shape index (κ3) is 4.05. The van der Waals surface area contributed by atoms with E-state index >= 15 is 0 Å². The third-order valence-electron chi connectivity index (χ3n) is 2.76. The number of carbonyl (C=O) groups excluding carboxylic acids is 1. The van der Waals surface area contributed by atoms with Crippen molar-refractivity contribution in [2.75, 3.05) is 18.1 Å². The van der Waals surface area contributed by atoms with E-state index in [-0.39, 0.29) is 5.78 Å². The van der Waals surface area contributed by atoms with Gasteiger partial charge in [-0.2, -0.15) is 0 Å². The number of nitrogens with one attached hydrogen (secondary N) is 1. The van der Waals surface area contributed by atoms with Crippen LogP contribution in [0, 0.1) is 0 Å². The smallest absolute Gasteiger partial charge is 0.206 e. The molecule has 0 saturated heterocycles. The van der Waals surface area contributed by atoms with Crippen LogP contribution in [0.2, 0.25) is 0 Å². The summed E-state index contributed by atoms with van der Waals surface area (Å²) in [6.07, 6.45) is 2.18. The van der Waals surface area contributed by atoms with E-state index in [4.69, 9.17) is 0 Å². The first-order valence-electron chi connectivity index (χ1n) is 6.49. The summed E-state index contributed by atoms with van der Waals surface area (Å²) in [5, 5.41) is 11.6. The van der Waals surface area contributed by atoms with Crippen molar-refractivity contribution in [3.8, 4) is 0 Å². The lowest BCUT2D eigenvalue weighted by molar-refractivity contribution is 0.102. The van der Waals surface area contributed by atoms with E-state index in [9.17, 15) is 4.79 Å². The standard InChI is InChI=1S/C14H17N3OS2/c1-3-4-10-5-7-11(8-6-10)12(18)9-19-14-17-16-13(15-2)20-14/h5-8H,3-4,9H2,1-2H3,(H,15,16). The van der Waals surface area contributed by atoms with Crippen molar-refractivity contribution in [2.45, 2.75) is 24.1 Å². The summed E-state index contributed by atoms with van der Waals surface area (Å²) in [4.78, 5) is 12.1. The highest BCUT2D eigenvalue weighted by Gasteiger charge is 2.09. The Kier molecular flexibility index (Phi) is 5.55. The number of Topliss-reactive ketones (excluding diaryl/α,β-unsaturated/α-hetero) is 1. The minimum Gasteiger partial charge on any atom is -0.363 e. The Balaban J connectivity index is 1.90. The van der Waals surface area contributed by atoms with Crippen molar-refractivity contribution in [3.63, 3.8) is 0 Å². The molecule has 0 spiro atoms. The first-order chi connectivity index (χ1) is 9.72. The predicted octanol–water partition coefficient (Wildman–Crippen LogP) is 3.51.